The summed E-state index contributed by atoms with van der Waals surface area (Å²) in [4.78, 5) is 17.9. The van der Waals surface area contributed by atoms with Crippen LogP contribution < -0.4 is 10.3 Å². The molecular weight excluding hydrogens is 336 g/mol. The normalized spacial score (nSPS) is 11.2. The molecule has 0 unspecified atom stereocenters. The topological polar surface area (TPSA) is 60.5 Å². The van der Waals surface area contributed by atoms with Crippen molar-refractivity contribution in [3.05, 3.63) is 65.4 Å². The highest BCUT2D eigenvalue weighted by molar-refractivity contribution is 5.90. The van der Waals surface area contributed by atoms with Gasteiger partial charge in [-0.2, -0.15) is 5.10 Å². The number of fused-ring (bicyclic) bond motifs is 1. The summed E-state index contributed by atoms with van der Waals surface area (Å²) in [7, 11) is 0. The zero-order valence-electron chi connectivity index (χ0n) is 16.1. The van der Waals surface area contributed by atoms with E-state index < -0.39 is 0 Å². The summed E-state index contributed by atoms with van der Waals surface area (Å²) in [6.45, 7) is 8.23. The molecule has 1 aromatic heterocycles. The van der Waals surface area contributed by atoms with Crippen LogP contribution in [0.4, 0.5) is 5.69 Å². The van der Waals surface area contributed by atoms with Gasteiger partial charge in [0.05, 0.1) is 12.6 Å². The van der Waals surface area contributed by atoms with E-state index in [0.29, 0.717) is 6.42 Å². The molecule has 1 heterocycles. The fraction of sp³-hybridized carbons (Fsp3) is 0.273. The fourth-order valence-electron chi connectivity index (χ4n) is 3.30. The number of anilines is 1. The van der Waals surface area contributed by atoms with Crippen LogP contribution in [-0.2, 0) is 11.2 Å². The Morgan fingerprint density at radius 3 is 2.52 bits per heavy atom. The van der Waals surface area contributed by atoms with Crippen molar-refractivity contribution >= 4 is 28.7 Å². The number of amides is 1. The smallest absolute Gasteiger partial charge is 0.244 e. The van der Waals surface area contributed by atoms with Gasteiger partial charge in [-0.15, -0.1) is 0 Å². The lowest BCUT2D eigenvalue weighted by molar-refractivity contribution is -0.120. The first kappa shape index (κ1) is 18.7. The minimum absolute atomic E-state index is 0.126. The zero-order chi connectivity index (χ0) is 19.2. The molecule has 0 spiro atoms. The van der Waals surface area contributed by atoms with Crippen molar-refractivity contribution in [1.82, 2.24) is 10.4 Å². The second-order valence-corrected chi connectivity index (χ2v) is 6.51. The van der Waals surface area contributed by atoms with Crippen molar-refractivity contribution in [2.24, 2.45) is 5.10 Å². The van der Waals surface area contributed by atoms with Crippen molar-refractivity contribution in [2.45, 2.75) is 27.2 Å². The van der Waals surface area contributed by atoms with Crippen LogP contribution in [0.5, 0.6) is 0 Å². The highest BCUT2D eigenvalue weighted by Crippen LogP contribution is 2.22. The number of benzene rings is 2. The zero-order valence-corrected chi connectivity index (χ0v) is 16.1. The minimum atomic E-state index is -0.126. The molecule has 2 aromatic carbocycles. The van der Waals surface area contributed by atoms with Gasteiger partial charge in [-0.05, 0) is 50.1 Å². The number of nitrogens with one attached hydrogen (secondary N) is 2. The van der Waals surface area contributed by atoms with Gasteiger partial charge < -0.3 is 9.88 Å². The first-order chi connectivity index (χ1) is 13.1. The molecule has 0 radical (unpaired) electrons. The fourth-order valence-corrected chi connectivity index (χ4v) is 3.30. The van der Waals surface area contributed by atoms with Gasteiger partial charge in [0.2, 0.25) is 5.91 Å². The summed E-state index contributed by atoms with van der Waals surface area (Å²) >= 11 is 0. The number of hydrogen-bond acceptors (Lipinski definition) is 3. The van der Waals surface area contributed by atoms with Gasteiger partial charge in [0.25, 0.3) is 0 Å². The summed E-state index contributed by atoms with van der Waals surface area (Å²) in [5, 5.41) is 5.18. The molecule has 140 valence electrons. The lowest BCUT2D eigenvalue weighted by atomic mass is 10.1. The molecule has 0 fully saturated rings. The van der Waals surface area contributed by atoms with E-state index in [2.05, 4.69) is 46.4 Å². The summed E-state index contributed by atoms with van der Waals surface area (Å²) in [5.74, 6) is -0.126. The molecule has 0 bridgehead atoms. The third-order valence-corrected chi connectivity index (χ3v) is 4.79. The Morgan fingerprint density at radius 2 is 1.81 bits per heavy atom. The van der Waals surface area contributed by atoms with Crippen LogP contribution in [0.25, 0.3) is 10.9 Å². The maximum Gasteiger partial charge on any atom is 0.244 e. The van der Waals surface area contributed by atoms with E-state index in [1.807, 2.05) is 43.3 Å². The van der Waals surface area contributed by atoms with Crippen molar-refractivity contribution in [1.29, 1.82) is 0 Å². The molecule has 0 saturated heterocycles. The van der Waals surface area contributed by atoms with E-state index in [1.54, 1.807) is 6.21 Å². The summed E-state index contributed by atoms with van der Waals surface area (Å²) in [6.07, 6.45) is 1.97. The molecule has 27 heavy (non-hydrogen) atoms. The molecule has 0 aliphatic rings. The molecule has 5 nitrogen and oxygen atoms in total. The molecular formula is C22H26N4O. The van der Waals surface area contributed by atoms with E-state index in [0.717, 1.165) is 40.8 Å². The number of para-hydroxylation sites is 1. The van der Waals surface area contributed by atoms with Gasteiger partial charge in [-0.1, -0.05) is 30.3 Å². The molecule has 0 aliphatic carbocycles. The highest BCUT2D eigenvalue weighted by Gasteiger charge is 2.11. The number of aromatic amines is 1. The quantitative estimate of drug-likeness (QED) is 0.493. The van der Waals surface area contributed by atoms with Crippen molar-refractivity contribution in [3.8, 4) is 0 Å². The Balaban J connectivity index is 1.61. The van der Waals surface area contributed by atoms with Crippen LogP contribution in [0.2, 0.25) is 0 Å². The first-order valence-electron chi connectivity index (χ1n) is 9.35. The predicted octanol–water partition coefficient (Wildman–Crippen LogP) is 4.02. The molecule has 1 amide bonds. The number of H-pyrrole nitrogens is 1. The first-order valence-corrected chi connectivity index (χ1v) is 9.35. The number of aryl methyl sites for hydroxylation is 1. The Labute approximate surface area is 160 Å². The van der Waals surface area contributed by atoms with Crippen LogP contribution in [0.15, 0.2) is 53.6 Å². The number of carbonyl (C=O) groups excluding carboxylic acids is 1. The van der Waals surface area contributed by atoms with Gasteiger partial charge in [0.15, 0.2) is 0 Å². The second-order valence-electron chi connectivity index (χ2n) is 6.51. The van der Waals surface area contributed by atoms with E-state index in [-0.39, 0.29) is 5.91 Å². The average Bonchev–Trinajstić information content (AvgIpc) is 2.99. The number of rotatable bonds is 7. The molecule has 0 aliphatic heterocycles. The van der Waals surface area contributed by atoms with Crippen LogP contribution in [0, 0.1) is 6.92 Å². The SMILES string of the molecule is CCN(CC)c1ccc(/C=N/NC(=O)Cc2c(C)[nH]c3ccccc23)cc1. The van der Waals surface area contributed by atoms with Gasteiger partial charge in [0, 0.05) is 35.4 Å². The highest BCUT2D eigenvalue weighted by atomic mass is 16.2. The molecule has 3 rings (SSSR count). The molecule has 0 saturated carbocycles. The maximum absolute atomic E-state index is 12.3. The number of hydrazone groups is 1. The monoisotopic (exact) mass is 362 g/mol. The molecule has 2 N–H and O–H groups in total. The van der Waals surface area contributed by atoms with Crippen molar-refractivity contribution in [3.63, 3.8) is 0 Å². The number of carbonyl (C=O) groups is 1. The summed E-state index contributed by atoms with van der Waals surface area (Å²) in [6, 6.07) is 16.2. The summed E-state index contributed by atoms with van der Waals surface area (Å²) < 4.78 is 0. The Morgan fingerprint density at radius 1 is 1.11 bits per heavy atom. The van der Waals surface area contributed by atoms with Gasteiger partial charge in [0.1, 0.15) is 0 Å². The minimum Gasteiger partial charge on any atom is -0.372 e. The lowest BCUT2D eigenvalue weighted by Gasteiger charge is -2.20. The van der Waals surface area contributed by atoms with Crippen molar-refractivity contribution in [2.75, 3.05) is 18.0 Å². The van der Waals surface area contributed by atoms with E-state index in [9.17, 15) is 4.79 Å². The standard InChI is InChI=1S/C22H26N4O/c1-4-26(5-2)18-12-10-17(11-13-18)15-23-25-22(27)14-20-16(3)24-21-9-7-6-8-19(20)21/h6-13,15,24H,4-5,14H2,1-3H3,(H,25,27)/b23-15+. The predicted molar refractivity (Wildman–Crippen MR) is 112 cm³/mol. The number of nitrogens with zero attached hydrogens (tertiary/aromatic N) is 2. The van der Waals surface area contributed by atoms with E-state index >= 15 is 0 Å². The number of aromatic nitrogens is 1. The number of hydrogen-bond donors (Lipinski definition) is 2. The third kappa shape index (κ3) is 4.37. The van der Waals surface area contributed by atoms with Crippen LogP contribution in [0.1, 0.15) is 30.7 Å². The van der Waals surface area contributed by atoms with Crippen LogP contribution in [-0.4, -0.2) is 30.2 Å². The van der Waals surface area contributed by atoms with Crippen molar-refractivity contribution < 1.29 is 4.79 Å². The molecule has 5 heteroatoms. The lowest BCUT2D eigenvalue weighted by Crippen LogP contribution is -2.21. The van der Waals surface area contributed by atoms with Gasteiger partial charge in [-0.3, -0.25) is 4.79 Å². The third-order valence-electron chi connectivity index (χ3n) is 4.79. The van der Waals surface area contributed by atoms with E-state index in [4.69, 9.17) is 0 Å². The van der Waals surface area contributed by atoms with E-state index in [1.165, 1.54) is 5.69 Å². The Bertz CT molecular complexity index is 937. The average molecular weight is 362 g/mol. The van der Waals surface area contributed by atoms with Crippen LogP contribution >= 0.6 is 0 Å². The largest absolute Gasteiger partial charge is 0.372 e. The Hall–Kier alpha value is -3.08. The Kier molecular flexibility index (Phi) is 5.91. The van der Waals surface area contributed by atoms with Gasteiger partial charge >= 0.3 is 0 Å². The molecule has 3 aromatic rings. The summed E-state index contributed by atoms with van der Waals surface area (Å²) in [5.41, 5.74) is 7.85. The maximum atomic E-state index is 12.3. The van der Waals surface area contributed by atoms with Crippen LogP contribution in [0.3, 0.4) is 0 Å². The molecule has 0 atom stereocenters. The second kappa shape index (κ2) is 8.54. The van der Waals surface area contributed by atoms with Gasteiger partial charge in [-0.25, -0.2) is 5.43 Å².